The molecule has 1 aliphatic heterocycles. The first-order valence-electron chi connectivity index (χ1n) is 11.3. The molecule has 3 aromatic rings. The third-order valence-corrected chi connectivity index (χ3v) is 7.32. The lowest BCUT2D eigenvalue weighted by atomic mass is 9.97. The van der Waals surface area contributed by atoms with Gasteiger partial charge in [-0.25, -0.2) is 0 Å². The summed E-state index contributed by atoms with van der Waals surface area (Å²) in [5, 5.41) is 2.97. The summed E-state index contributed by atoms with van der Waals surface area (Å²) >= 11 is 3.59. The third kappa shape index (κ3) is 4.52. The minimum Gasteiger partial charge on any atom is -0.348 e. The van der Waals surface area contributed by atoms with Crippen molar-refractivity contribution in [1.29, 1.82) is 0 Å². The number of fused-ring (bicyclic) bond motifs is 1. The number of aryl methyl sites for hydroxylation is 2. The summed E-state index contributed by atoms with van der Waals surface area (Å²) in [6.07, 6.45) is 2.06. The summed E-state index contributed by atoms with van der Waals surface area (Å²) in [5.41, 5.74) is 5.80. The van der Waals surface area contributed by atoms with E-state index in [0.717, 1.165) is 45.6 Å². The highest BCUT2D eigenvalue weighted by Gasteiger charge is 2.34. The number of hydrogen-bond donors (Lipinski definition) is 2. The predicted molar refractivity (Wildman–Crippen MR) is 135 cm³/mol. The van der Waals surface area contributed by atoms with Crippen LogP contribution in [0.4, 0.5) is 0 Å². The van der Waals surface area contributed by atoms with Crippen LogP contribution >= 0.6 is 15.9 Å². The molecule has 0 radical (unpaired) electrons. The van der Waals surface area contributed by atoms with Gasteiger partial charge in [0.2, 0.25) is 0 Å². The Hall–Kier alpha value is -2.42. The zero-order valence-corrected chi connectivity index (χ0v) is 21.7. The van der Waals surface area contributed by atoms with Gasteiger partial charge in [0, 0.05) is 70.4 Å². The first-order chi connectivity index (χ1) is 15.6. The number of hydrogen-bond acceptors (Lipinski definition) is 4. The number of aromatic nitrogens is 2. The number of likely N-dealkylation sites (tertiary alicyclic amines) is 1. The summed E-state index contributed by atoms with van der Waals surface area (Å²) in [6.45, 7) is 10.2. The van der Waals surface area contributed by atoms with E-state index < -0.39 is 0 Å². The molecular weight excluding hydrogens is 482 g/mol. The molecule has 176 valence electrons. The third-order valence-electron chi connectivity index (χ3n) is 6.88. The smallest absolute Gasteiger partial charge is 0.253 e. The summed E-state index contributed by atoms with van der Waals surface area (Å²) in [5.74, 6) is -0.171. The standard InChI is InChI=1S/C25H32BrN5O2/c1-14-7-15(2)28-25(33)22(14)10-27-24(32)21-9-19-8-18(26)11-31(19)23(16(21)3)17(4)30-12-20(13-30)29(5)6/h7-9,11,17,20H,10,12-13H2,1-6H3,(H,27,32)(H,28,33). The number of carbonyl (C=O) groups excluding carboxylic acids is 1. The zero-order valence-electron chi connectivity index (χ0n) is 20.1. The molecule has 7 nitrogen and oxygen atoms in total. The van der Waals surface area contributed by atoms with Crippen molar-refractivity contribution in [3.05, 3.63) is 72.9 Å². The van der Waals surface area contributed by atoms with E-state index in [4.69, 9.17) is 0 Å². The maximum absolute atomic E-state index is 13.3. The maximum atomic E-state index is 13.3. The molecule has 4 rings (SSSR count). The number of halogens is 1. The van der Waals surface area contributed by atoms with E-state index in [1.165, 1.54) is 0 Å². The average Bonchev–Trinajstić information content (AvgIpc) is 3.04. The molecule has 1 fully saturated rings. The second-order valence-electron chi connectivity index (χ2n) is 9.39. The van der Waals surface area contributed by atoms with Crippen LogP contribution in [0, 0.1) is 20.8 Å². The van der Waals surface area contributed by atoms with Crippen LogP contribution in [0.15, 0.2) is 33.7 Å². The van der Waals surface area contributed by atoms with Gasteiger partial charge in [-0.3, -0.25) is 14.5 Å². The Balaban J connectivity index is 1.65. The minimum absolute atomic E-state index is 0.155. The van der Waals surface area contributed by atoms with E-state index in [-0.39, 0.29) is 24.1 Å². The number of rotatable bonds is 6. The number of nitrogens with one attached hydrogen (secondary N) is 2. The van der Waals surface area contributed by atoms with Crippen LogP contribution in [0.5, 0.6) is 0 Å². The molecule has 0 spiro atoms. The van der Waals surface area contributed by atoms with Crippen molar-refractivity contribution in [2.45, 2.75) is 46.3 Å². The Kier molecular flexibility index (Phi) is 6.53. The van der Waals surface area contributed by atoms with Gasteiger partial charge in [0.25, 0.3) is 11.5 Å². The van der Waals surface area contributed by atoms with Gasteiger partial charge in [0.15, 0.2) is 0 Å². The van der Waals surface area contributed by atoms with Gasteiger partial charge in [0.1, 0.15) is 0 Å². The molecule has 8 heteroatoms. The highest BCUT2D eigenvalue weighted by Crippen LogP contribution is 2.33. The molecule has 0 aliphatic carbocycles. The average molecular weight is 514 g/mol. The first-order valence-corrected chi connectivity index (χ1v) is 12.0. The molecule has 1 amide bonds. The van der Waals surface area contributed by atoms with Gasteiger partial charge in [-0.2, -0.15) is 0 Å². The number of aromatic amines is 1. The fraction of sp³-hybridized carbons (Fsp3) is 0.440. The molecule has 0 bridgehead atoms. The minimum atomic E-state index is -0.171. The molecular formula is C25H32BrN5O2. The van der Waals surface area contributed by atoms with Gasteiger partial charge in [-0.15, -0.1) is 0 Å². The molecule has 0 aromatic carbocycles. The fourth-order valence-electron chi connectivity index (χ4n) is 4.76. The van der Waals surface area contributed by atoms with Crippen molar-refractivity contribution in [2.24, 2.45) is 0 Å². The monoisotopic (exact) mass is 513 g/mol. The number of carbonyl (C=O) groups is 1. The lowest BCUT2D eigenvalue weighted by Crippen LogP contribution is -2.57. The van der Waals surface area contributed by atoms with Gasteiger partial charge < -0.3 is 19.6 Å². The van der Waals surface area contributed by atoms with Crippen molar-refractivity contribution in [3.8, 4) is 0 Å². The Morgan fingerprint density at radius 1 is 1.24 bits per heavy atom. The molecule has 1 unspecified atom stereocenters. The molecule has 3 aromatic heterocycles. The number of pyridine rings is 2. The van der Waals surface area contributed by atoms with Gasteiger partial charge in [-0.1, -0.05) is 0 Å². The number of amides is 1. The number of likely N-dealkylation sites (N-methyl/N-ethyl adjacent to an activating group) is 1. The Labute approximate surface area is 202 Å². The highest BCUT2D eigenvalue weighted by molar-refractivity contribution is 9.10. The Bertz CT molecular complexity index is 1270. The van der Waals surface area contributed by atoms with Gasteiger partial charge >= 0.3 is 0 Å². The molecule has 33 heavy (non-hydrogen) atoms. The zero-order chi connectivity index (χ0) is 24.0. The van der Waals surface area contributed by atoms with Crippen molar-refractivity contribution >= 4 is 27.4 Å². The normalized spacial score (nSPS) is 15.8. The summed E-state index contributed by atoms with van der Waals surface area (Å²) in [4.78, 5) is 33.2. The van der Waals surface area contributed by atoms with E-state index >= 15 is 0 Å². The van der Waals surface area contributed by atoms with Gasteiger partial charge in [0.05, 0.1) is 0 Å². The van der Waals surface area contributed by atoms with Crippen LogP contribution in [0.1, 0.15) is 51.4 Å². The molecule has 1 saturated heterocycles. The maximum Gasteiger partial charge on any atom is 0.253 e. The second-order valence-corrected chi connectivity index (χ2v) is 10.3. The molecule has 4 heterocycles. The predicted octanol–water partition coefficient (Wildman–Crippen LogP) is 3.55. The summed E-state index contributed by atoms with van der Waals surface area (Å²) in [6, 6.07) is 6.60. The van der Waals surface area contributed by atoms with E-state index in [2.05, 4.69) is 67.6 Å². The second kappa shape index (κ2) is 9.08. The molecule has 0 saturated carbocycles. The van der Waals surface area contributed by atoms with Crippen molar-refractivity contribution < 1.29 is 4.79 Å². The fourth-order valence-corrected chi connectivity index (χ4v) is 5.20. The van der Waals surface area contributed by atoms with Crippen LogP contribution in [0.3, 0.4) is 0 Å². The van der Waals surface area contributed by atoms with Crippen molar-refractivity contribution in [2.75, 3.05) is 27.2 Å². The Morgan fingerprint density at radius 2 is 1.94 bits per heavy atom. The van der Waals surface area contributed by atoms with Crippen molar-refractivity contribution in [3.63, 3.8) is 0 Å². The van der Waals surface area contributed by atoms with E-state index in [9.17, 15) is 9.59 Å². The van der Waals surface area contributed by atoms with Crippen molar-refractivity contribution in [1.82, 2.24) is 24.5 Å². The van der Waals surface area contributed by atoms with E-state index in [1.807, 2.05) is 39.0 Å². The number of nitrogens with zero attached hydrogens (tertiary/aromatic N) is 3. The largest absolute Gasteiger partial charge is 0.348 e. The Morgan fingerprint density at radius 3 is 2.58 bits per heavy atom. The van der Waals surface area contributed by atoms with Crippen LogP contribution in [-0.2, 0) is 6.54 Å². The van der Waals surface area contributed by atoms with E-state index in [1.54, 1.807) is 0 Å². The summed E-state index contributed by atoms with van der Waals surface area (Å²) in [7, 11) is 4.23. The topological polar surface area (TPSA) is 72.9 Å². The lowest BCUT2D eigenvalue weighted by molar-refractivity contribution is 0.0306. The highest BCUT2D eigenvalue weighted by atomic mass is 79.9. The molecule has 1 aliphatic rings. The van der Waals surface area contributed by atoms with Gasteiger partial charge in [-0.05, 0) is 87.0 Å². The van der Waals surface area contributed by atoms with Crippen LogP contribution in [0.2, 0.25) is 0 Å². The van der Waals surface area contributed by atoms with Crippen LogP contribution in [-0.4, -0.2) is 58.3 Å². The van der Waals surface area contributed by atoms with Crippen LogP contribution in [0.25, 0.3) is 5.52 Å². The quantitative estimate of drug-likeness (QED) is 0.528. The van der Waals surface area contributed by atoms with E-state index in [0.29, 0.717) is 17.2 Å². The molecule has 1 atom stereocenters. The SMILES string of the molecule is Cc1cc(C)c(CNC(=O)c2cc3cc(Br)cn3c(C(C)N3CC(N(C)C)C3)c2C)c(=O)[nH]1. The lowest BCUT2D eigenvalue weighted by Gasteiger charge is -2.46. The van der Waals surface area contributed by atoms with Crippen LogP contribution < -0.4 is 10.9 Å². The molecule has 2 N–H and O–H groups in total. The number of H-pyrrole nitrogens is 1. The summed E-state index contributed by atoms with van der Waals surface area (Å²) < 4.78 is 3.16. The first kappa shape index (κ1) is 23.7.